The molecule has 0 saturated carbocycles. The van der Waals surface area contributed by atoms with Crippen LogP contribution in [0.1, 0.15) is 5.56 Å². The first-order chi connectivity index (χ1) is 11.1. The number of fused-ring (bicyclic) bond motifs is 1. The van der Waals surface area contributed by atoms with Gasteiger partial charge in [-0.2, -0.15) is 5.26 Å². The summed E-state index contributed by atoms with van der Waals surface area (Å²) in [6.45, 7) is 1.82. The Balaban J connectivity index is 2.19. The molecule has 0 aliphatic carbocycles. The monoisotopic (exact) mass is 326 g/mol. The van der Waals surface area contributed by atoms with Crippen molar-refractivity contribution >= 4 is 22.4 Å². The molecule has 2 aromatic carbocycles. The summed E-state index contributed by atoms with van der Waals surface area (Å²) in [7, 11) is 0. The van der Waals surface area contributed by atoms with Gasteiger partial charge in [-0.15, -0.1) is 0 Å². The number of nitriles is 1. The topological polar surface area (TPSA) is 45.9 Å². The molecule has 0 aliphatic rings. The van der Waals surface area contributed by atoms with E-state index < -0.39 is 0 Å². The first kappa shape index (κ1) is 15.3. The van der Waals surface area contributed by atoms with Gasteiger partial charge in [0.1, 0.15) is 22.8 Å². The molecule has 3 aromatic rings. The van der Waals surface area contributed by atoms with Gasteiger partial charge in [0.2, 0.25) is 0 Å². The van der Waals surface area contributed by atoms with Crippen LogP contribution in [0.15, 0.2) is 42.6 Å². The molecule has 114 valence electrons. The highest BCUT2D eigenvalue weighted by Crippen LogP contribution is 2.35. The fourth-order valence-electron chi connectivity index (χ4n) is 2.54. The first-order valence-corrected chi connectivity index (χ1v) is 7.32. The van der Waals surface area contributed by atoms with Crippen molar-refractivity contribution < 1.29 is 9.13 Å². The van der Waals surface area contributed by atoms with E-state index in [0.29, 0.717) is 10.9 Å². The smallest absolute Gasteiger partial charge is 0.174 e. The molecule has 3 nitrogen and oxygen atoms in total. The standard InChI is InChI=1S/C18H12ClFN2O/c1-11-8-12(20)2-4-14(11)17-10-22-18(19)16-9-13(23-7-6-21)3-5-15(16)17/h2-5,8-10H,7H2,1H3. The van der Waals surface area contributed by atoms with Gasteiger partial charge >= 0.3 is 0 Å². The van der Waals surface area contributed by atoms with Crippen LogP contribution in [0.5, 0.6) is 5.75 Å². The summed E-state index contributed by atoms with van der Waals surface area (Å²) in [5.74, 6) is 0.278. The molecular formula is C18H12ClFN2O. The van der Waals surface area contributed by atoms with Crippen LogP contribution in [0.3, 0.4) is 0 Å². The van der Waals surface area contributed by atoms with E-state index in [9.17, 15) is 4.39 Å². The zero-order valence-corrected chi connectivity index (χ0v) is 13.1. The van der Waals surface area contributed by atoms with E-state index in [1.54, 1.807) is 24.4 Å². The number of hydrogen-bond donors (Lipinski definition) is 0. The fraction of sp³-hybridized carbons (Fsp3) is 0.111. The number of aromatic nitrogens is 1. The average Bonchev–Trinajstić information content (AvgIpc) is 2.54. The lowest BCUT2D eigenvalue weighted by Gasteiger charge is -2.11. The number of benzene rings is 2. The number of ether oxygens (including phenoxy) is 1. The molecule has 3 rings (SSSR count). The average molecular weight is 327 g/mol. The Morgan fingerprint density at radius 3 is 2.74 bits per heavy atom. The van der Waals surface area contributed by atoms with E-state index >= 15 is 0 Å². The molecule has 1 aromatic heterocycles. The van der Waals surface area contributed by atoms with Gasteiger partial charge in [-0.1, -0.05) is 17.7 Å². The Labute approximate surface area is 137 Å². The van der Waals surface area contributed by atoms with Crippen molar-refractivity contribution in [3.05, 3.63) is 59.1 Å². The molecule has 0 radical (unpaired) electrons. The molecule has 0 spiro atoms. The zero-order chi connectivity index (χ0) is 16.4. The molecule has 0 fully saturated rings. The summed E-state index contributed by atoms with van der Waals surface area (Å²) in [6.07, 6.45) is 1.68. The largest absolute Gasteiger partial charge is 0.479 e. The van der Waals surface area contributed by atoms with E-state index in [4.69, 9.17) is 21.6 Å². The minimum absolute atomic E-state index is 0.0344. The van der Waals surface area contributed by atoms with Crippen molar-refractivity contribution in [2.75, 3.05) is 6.61 Å². The lowest BCUT2D eigenvalue weighted by Crippen LogP contribution is -1.94. The van der Waals surface area contributed by atoms with Crippen LogP contribution in [0, 0.1) is 24.1 Å². The second-order valence-corrected chi connectivity index (χ2v) is 5.43. The Hall–Kier alpha value is -2.64. The van der Waals surface area contributed by atoms with Crippen LogP contribution in [-0.2, 0) is 0 Å². The lowest BCUT2D eigenvalue weighted by atomic mass is 9.97. The molecule has 23 heavy (non-hydrogen) atoms. The van der Waals surface area contributed by atoms with Crippen molar-refractivity contribution in [3.8, 4) is 22.9 Å². The van der Waals surface area contributed by atoms with Gasteiger partial charge < -0.3 is 4.74 Å². The van der Waals surface area contributed by atoms with Crippen LogP contribution in [0.25, 0.3) is 21.9 Å². The Morgan fingerprint density at radius 1 is 1.17 bits per heavy atom. The molecular weight excluding hydrogens is 315 g/mol. The Kier molecular flexibility index (Phi) is 4.14. The summed E-state index contributed by atoms with van der Waals surface area (Å²) in [4.78, 5) is 4.22. The van der Waals surface area contributed by atoms with Gasteiger partial charge in [0.25, 0.3) is 0 Å². The number of aryl methyl sites for hydroxylation is 1. The molecule has 1 heterocycles. The van der Waals surface area contributed by atoms with Crippen LogP contribution >= 0.6 is 11.6 Å². The van der Waals surface area contributed by atoms with Crippen molar-refractivity contribution in [1.29, 1.82) is 5.26 Å². The maximum absolute atomic E-state index is 13.3. The van der Waals surface area contributed by atoms with E-state index in [1.165, 1.54) is 12.1 Å². The zero-order valence-electron chi connectivity index (χ0n) is 12.3. The first-order valence-electron chi connectivity index (χ1n) is 6.94. The third-order valence-electron chi connectivity index (χ3n) is 3.59. The second-order valence-electron chi connectivity index (χ2n) is 5.08. The van der Waals surface area contributed by atoms with Gasteiger partial charge in [-0.3, -0.25) is 0 Å². The minimum Gasteiger partial charge on any atom is -0.479 e. The van der Waals surface area contributed by atoms with E-state index in [2.05, 4.69) is 4.98 Å². The predicted molar refractivity (Wildman–Crippen MR) is 88.0 cm³/mol. The van der Waals surface area contributed by atoms with Crippen LogP contribution in [-0.4, -0.2) is 11.6 Å². The van der Waals surface area contributed by atoms with Gasteiger partial charge in [0, 0.05) is 17.1 Å². The lowest BCUT2D eigenvalue weighted by molar-refractivity contribution is 0.368. The number of nitrogens with zero attached hydrogens (tertiary/aromatic N) is 2. The summed E-state index contributed by atoms with van der Waals surface area (Å²) in [6, 6.07) is 12.0. The van der Waals surface area contributed by atoms with Crippen molar-refractivity contribution in [2.45, 2.75) is 6.92 Å². The highest BCUT2D eigenvalue weighted by atomic mass is 35.5. The maximum Gasteiger partial charge on any atom is 0.174 e. The van der Waals surface area contributed by atoms with Crippen molar-refractivity contribution in [2.24, 2.45) is 0 Å². The van der Waals surface area contributed by atoms with E-state index in [0.717, 1.165) is 27.5 Å². The predicted octanol–water partition coefficient (Wildman–Crippen LogP) is 4.91. The number of rotatable bonds is 3. The third kappa shape index (κ3) is 2.96. The normalized spacial score (nSPS) is 10.5. The second kappa shape index (κ2) is 6.23. The van der Waals surface area contributed by atoms with Crippen LogP contribution in [0.4, 0.5) is 4.39 Å². The Bertz CT molecular complexity index is 934. The molecule has 0 bridgehead atoms. The van der Waals surface area contributed by atoms with Gasteiger partial charge in [-0.25, -0.2) is 9.37 Å². The molecule has 0 saturated heterocycles. The highest BCUT2D eigenvalue weighted by Gasteiger charge is 2.11. The molecule has 5 heteroatoms. The molecule has 0 unspecified atom stereocenters. The summed E-state index contributed by atoms with van der Waals surface area (Å²) in [5, 5.41) is 10.6. The third-order valence-corrected chi connectivity index (χ3v) is 3.89. The maximum atomic E-state index is 13.3. The van der Waals surface area contributed by atoms with Gasteiger partial charge in [0.15, 0.2) is 6.61 Å². The highest BCUT2D eigenvalue weighted by molar-refractivity contribution is 6.34. The minimum atomic E-state index is -0.273. The molecule has 0 atom stereocenters. The van der Waals surface area contributed by atoms with Crippen molar-refractivity contribution in [3.63, 3.8) is 0 Å². The van der Waals surface area contributed by atoms with Gasteiger partial charge in [0.05, 0.1) is 0 Å². The number of pyridine rings is 1. The summed E-state index contributed by atoms with van der Waals surface area (Å²) < 4.78 is 18.6. The summed E-state index contributed by atoms with van der Waals surface area (Å²) in [5.41, 5.74) is 2.58. The van der Waals surface area contributed by atoms with Crippen LogP contribution < -0.4 is 4.74 Å². The SMILES string of the molecule is Cc1cc(F)ccc1-c1cnc(Cl)c2cc(OCC#N)ccc12. The molecule has 0 N–H and O–H groups in total. The number of hydrogen-bond acceptors (Lipinski definition) is 3. The van der Waals surface area contributed by atoms with Gasteiger partial charge in [-0.05, 0) is 53.8 Å². The summed E-state index contributed by atoms with van der Waals surface area (Å²) >= 11 is 6.20. The molecule has 0 amide bonds. The fourth-order valence-corrected chi connectivity index (χ4v) is 2.74. The quantitative estimate of drug-likeness (QED) is 0.643. The molecule has 0 aliphatic heterocycles. The van der Waals surface area contributed by atoms with E-state index in [-0.39, 0.29) is 12.4 Å². The van der Waals surface area contributed by atoms with Crippen LogP contribution in [0.2, 0.25) is 5.15 Å². The number of halogens is 2. The van der Waals surface area contributed by atoms with Crippen molar-refractivity contribution in [1.82, 2.24) is 4.98 Å². The Morgan fingerprint density at radius 2 is 2.00 bits per heavy atom. The van der Waals surface area contributed by atoms with E-state index in [1.807, 2.05) is 19.1 Å².